The Kier molecular flexibility index (Phi) is 4.96. The lowest BCUT2D eigenvalue weighted by molar-refractivity contribution is 0.0702. The molecule has 0 aliphatic heterocycles. The normalized spacial score (nSPS) is 10.4. The van der Waals surface area contributed by atoms with Gasteiger partial charge in [0, 0.05) is 17.5 Å². The van der Waals surface area contributed by atoms with Crippen LogP contribution < -0.4 is 10.6 Å². The quantitative estimate of drug-likeness (QED) is 0.465. The highest BCUT2D eigenvalue weighted by molar-refractivity contribution is 7.80. The van der Waals surface area contributed by atoms with E-state index in [-0.39, 0.29) is 4.88 Å². The van der Waals surface area contributed by atoms with Gasteiger partial charge in [-0.15, -0.1) is 17.9 Å². The van der Waals surface area contributed by atoms with Crippen molar-refractivity contribution in [2.45, 2.75) is 0 Å². The number of nitrogens with one attached hydrogen (secondary N) is 2. The highest BCUT2D eigenvalue weighted by Crippen LogP contribution is 2.25. The number of nitrogens with zero attached hydrogens (tertiary/aromatic N) is 3. The van der Waals surface area contributed by atoms with E-state index in [1.807, 2.05) is 0 Å². The number of thiocarbonyl (C=S) groups is 1. The van der Waals surface area contributed by atoms with Gasteiger partial charge in [0.25, 0.3) is 0 Å². The van der Waals surface area contributed by atoms with E-state index < -0.39 is 5.97 Å². The molecule has 3 rings (SSSR count). The number of carbonyl (C=O) groups is 1. The van der Waals surface area contributed by atoms with Gasteiger partial charge in [0.2, 0.25) is 0 Å². The van der Waals surface area contributed by atoms with E-state index in [4.69, 9.17) is 17.3 Å². The molecule has 3 aromatic rings. The van der Waals surface area contributed by atoms with Crippen molar-refractivity contribution in [3.05, 3.63) is 47.3 Å². The molecule has 0 bridgehead atoms. The number of pyridine rings is 1. The molecule has 25 heavy (non-hydrogen) atoms. The van der Waals surface area contributed by atoms with Crippen LogP contribution in [0.5, 0.6) is 0 Å². The molecule has 0 aliphatic rings. The maximum Gasteiger partial charge on any atom is 0.345 e. The molecule has 0 amide bonds. The molecule has 0 fully saturated rings. The summed E-state index contributed by atoms with van der Waals surface area (Å²) in [6, 6.07) is 5.11. The van der Waals surface area contributed by atoms with Crippen LogP contribution in [-0.4, -0.2) is 37.7 Å². The van der Waals surface area contributed by atoms with Crippen molar-refractivity contribution >= 4 is 51.6 Å². The van der Waals surface area contributed by atoms with Crippen LogP contribution >= 0.6 is 23.6 Å². The van der Waals surface area contributed by atoms with Crippen molar-refractivity contribution in [2.75, 3.05) is 11.9 Å². The maximum atomic E-state index is 11.0. The van der Waals surface area contributed by atoms with Crippen molar-refractivity contribution in [2.24, 2.45) is 0 Å². The fourth-order valence-corrected chi connectivity index (χ4v) is 2.94. The van der Waals surface area contributed by atoms with Crippen LogP contribution in [-0.2, 0) is 0 Å². The number of aromatic carboxylic acids is 1. The van der Waals surface area contributed by atoms with E-state index in [0.29, 0.717) is 39.9 Å². The first-order chi connectivity index (χ1) is 12.1. The van der Waals surface area contributed by atoms with Gasteiger partial charge in [-0.1, -0.05) is 6.08 Å². The Morgan fingerprint density at radius 1 is 1.40 bits per heavy atom. The van der Waals surface area contributed by atoms with Gasteiger partial charge in [-0.05, 0) is 30.4 Å². The van der Waals surface area contributed by atoms with E-state index in [1.54, 1.807) is 35.9 Å². The second-order valence-corrected chi connectivity index (χ2v) is 6.24. The molecule has 0 unspecified atom stereocenters. The van der Waals surface area contributed by atoms with Gasteiger partial charge in [-0.25, -0.2) is 14.8 Å². The Balaban J connectivity index is 1.88. The Labute approximate surface area is 152 Å². The number of anilines is 1. The van der Waals surface area contributed by atoms with Gasteiger partial charge in [-0.3, -0.25) is 4.98 Å². The zero-order valence-corrected chi connectivity index (χ0v) is 14.5. The highest BCUT2D eigenvalue weighted by Gasteiger charge is 2.11. The molecule has 0 spiro atoms. The fourth-order valence-electron chi connectivity index (χ4n) is 2.01. The lowest BCUT2D eigenvalue weighted by atomic mass is 10.2. The van der Waals surface area contributed by atoms with Gasteiger partial charge in [0.15, 0.2) is 10.8 Å². The van der Waals surface area contributed by atoms with Crippen molar-refractivity contribution in [1.82, 2.24) is 20.3 Å². The minimum Gasteiger partial charge on any atom is -0.477 e. The molecule has 0 radical (unpaired) electrons. The monoisotopic (exact) mass is 371 g/mol. The second kappa shape index (κ2) is 7.32. The van der Waals surface area contributed by atoms with Crippen LogP contribution in [0.1, 0.15) is 9.67 Å². The van der Waals surface area contributed by atoms with E-state index in [1.165, 1.54) is 0 Å². The molecular formula is C16H13N5O2S2. The van der Waals surface area contributed by atoms with E-state index in [2.05, 4.69) is 32.2 Å². The minimum absolute atomic E-state index is 0.249. The number of hydrogen-bond acceptors (Lipinski definition) is 6. The Morgan fingerprint density at radius 3 is 2.96 bits per heavy atom. The predicted octanol–water partition coefficient (Wildman–Crippen LogP) is 2.92. The van der Waals surface area contributed by atoms with Gasteiger partial charge in [0.05, 0.1) is 11.9 Å². The smallest absolute Gasteiger partial charge is 0.345 e. The van der Waals surface area contributed by atoms with E-state index in [9.17, 15) is 4.79 Å². The zero-order valence-electron chi connectivity index (χ0n) is 12.9. The Hall–Kier alpha value is -2.91. The summed E-state index contributed by atoms with van der Waals surface area (Å²) in [5.41, 5.74) is 2.33. The molecule has 7 nitrogen and oxygen atoms in total. The summed E-state index contributed by atoms with van der Waals surface area (Å²) >= 11 is 6.30. The number of aromatic nitrogens is 3. The summed E-state index contributed by atoms with van der Waals surface area (Å²) in [6.45, 7) is 4.16. The van der Waals surface area contributed by atoms with Crippen LogP contribution in [0.3, 0.4) is 0 Å². The molecule has 3 aromatic heterocycles. The fraction of sp³-hybridized carbons (Fsp3) is 0.0625. The number of fused-ring (bicyclic) bond motifs is 1. The Morgan fingerprint density at radius 2 is 2.24 bits per heavy atom. The standard InChI is InChI=1S/C16H13N5O2S2/c1-2-5-17-16(24)21-13-4-3-10-14(20-13)19-11(7-18-10)9-6-12(15(22)23)25-8-9/h2-4,6-8H,1,5H2,(H,22,23)(H2,17,19,20,21,24). The minimum atomic E-state index is -0.963. The lowest BCUT2D eigenvalue weighted by Crippen LogP contribution is -2.28. The molecule has 0 atom stereocenters. The lowest BCUT2D eigenvalue weighted by Gasteiger charge is -2.08. The van der Waals surface area contributed by atoms with Crippen LogP contribution in [0.4, 0.5) is 5.82 Å². The summed E-state index contributed by atoms with van der Waals surface area (Å²) < 4.78 is 0. The SMILES string of the molecule is C=CCNC(=S)Nc1ccc2ncc(-c3csc(C(=O)O)c3)nc2n1. The molecule has 3 N–H and O–H groups in total. The van der Waals surface area contributed by atoms with Crippen molar-refractivity contribution in [3.8, 4) is 11.3 Å². The Bertz CT molecular complexity index is 970. The molecule has 0 aliphatic carbocycles. The first kappa shape index (κ1) is 16.9. The zero-order chi connectivity index (χ0) is 17.8. The molecule has 3 heterocycles. The summed E-state index contributed by atoms with van der Waals surface area (Å²) in [5.74, 6) is -0.424. The topological polar surface area (TPSA) is 100 Å². The number of carboxylic acid groups (broad SMARTS) is 1. The highest BCUT2D eigenvalue weighted by atomic mass is 32.1. The average molecular weight is 371 g/mol. The second-order valence-electron chi connectivity index (χ2n) is 4.92. The first-order valence-electron chi connectivity index (χ1n) is 7.18. The number of hydrogen-bond donors (Lipinski definition) is 3. The molecule has 0 saturated carbocycles. The van der Waals surface area contributed by atoms with E-state index in [0.717, 1.165) is 11.3 Å². The summed E-state index contributed by atoms with van der Waals surface area (Å²) in [5, 5.41) is 17.1. The van der Waals surface area contributed by atoms with Crippen LogP contribution in [0.2, 0.25) is 0 Å². The number of carboxylic acids is 1. The van der Waals surface area contributed by atoms with Gasteiger partial charge < -0.3 is 15.7 Å². The molecule has 9 heteroatoms. The van der Waals surface area contributed by atoms with Gasteiger partial charge in [0.1, 0.15) is 16.2 Å². The number of thiophene rings is 1. The van der Waals surface area contributed by atoms with Gasteiger partial charge in [-0.2, -0.15) is 0 Å². The largest absolute Gasteiger partial charge is 0.477 e. The molecule has 126 valence electrons. The van der Waals surface area contributed by atoms with Crippen molar-refractivity contribution < 1.29 is 9.90 Å². The molecular weight excluding hydrogens is 358 g/mol. The van der Waals surface area contributed by atoms with Crippen LogP contribution in [0.25, 0.3) is 22.4 Å². The summed E-state index contributed by atoms with van der Waals surface area (Å²) in [7, 11) is 0. The van der Waals surface area contributed by atoms with Crippen molar-refractivity contribution in [3.63, 3.8) is 0 Å². The maximum absolute atomic E-state index is 11.0. The average Bonchev–Trinajstić information content (AvgIpc) is 3.10. The third kappa shape index (κ3) is 3.95. The third-order valence-corrected chi connectivity index (χ3v) is 4.33. The van der Waals surface area contributed by atoms with Crippen molar-refractivity contribution in [1.29, 1.82) is 0 Å². The van der Waals surface area contributed by atoms with Crippen LogP contribution in [0.15, 0.2) is 42.4 Å². The first-order valence-corrected chi connectivity index (χ1v) is 8.47. The summed E-state index contributed by atoms with van der Waals surface area (Å²) in [6.07, 6.45) is 3.30. The predicted molar refractivity (Wildman–Crippen MR) is 102 cm³/mol. The van der Waals surface area contributed by atoms with Crippen LogP contribution in [0, 0.1) is 0 Å². The summed E-state index contributed by atoms with van der Waals surface area (Å²) in [4.78, 5) is 24.5. The third-order valence-electron chi connectivity index (χ3n) is 3.16. The van der Waals surface area contributed by atoms with Gasteiger partial charge >= 0.3 is 5.97 Å². The number of rotatable bonds is 5. The molecule has 0 saturated heterocycles. The molecule has 0 aromatic carbocycles. The van der Waals surface area contributed by atoms with E-state index >= 15 is 0 Å².